The van der Waals surface area contributed by atoms with Crippen molar-refractivity contribution < 1.29 is 14.0 Å². The second-order valence-corrected chi connectivity index (χ2v) is 13.4. The quantitative estimate of drug-likeness (QED) is 0.340. The van der Waals surface area contributed by atoms with E-state index in [1.165, 1.54) is 44.6 Å². The highest BCUT2D eigenvalue weighted by Gasteiger charge is 2.36. The molecule has 0 bridgehead atoms. The number of hydrogen-bond acceptors (Lipinski definition) is 7. The van der Waals surface area contributed by atoms with Gasteiger partial charge in [0.2, 0.25) is 5.91 Å². The van der Waals surface area contributed by atoms with Gasteiger partial charge in [0.1, 0.15) is 17.7 Å². The molecule has 242 valence electrons. The predicted octanol–water partition coefficient (Wildman–Crippen LogP) is 5.54. The number of rotatable bonds is 8. The number of fused-ring (bicyclic) bond motifs is 1. The number of nitrogens with one attached hydrogen (secondary N) is 2. The highest BCUT2D eigenvalue weighted by atomic mass is 19.1. The summed E-state index contributed by atoms with van der Waals surface area (Å²) in [6, 6.07) is 17.5. The van der Waals surface area contributed by atoms with E-state index in [1.807, 2.05) is 48.2 Å². The van der Waals surface area contributed by atoms with Crippen LogP contribution < -0.4 is 20.4 Å². The molecule has 1 saturated heterocycles. The van der Waals surface area contributed by atoms with Crippen LogP contribution in [0.2, 0.25) is 0 Å². The van der Waals surface area contributed by atoms with Crippen molar-refractivity contribution in [2.45, 2.75) is 63.6 Å². The Morgan fingerprint density at radius 3 is 2.35 bits per heavy atom. The number of para-hydroxylation sites is 1. The lowest BCUT2D eigenvalue weighted by atomic mass is 9.89. The van der Waals surface area contributed by atoms with Crippen molar-refractivity contribution in [1.29, 1.82) is 0 Å². The summed E-state index contributed by atoms with van der Waals surface area (Å²) in [6.45, 7) is 7.81. The molecule has 3 fully saturated rings. The van der Waals surface area contributed by atoms with Crippen molar-refractivity contribution in [2.24, 2.45) is 5.92 Å². The number of likely N-dealkylation sites (N-methyl/N-ethyl adjacent to an activating group) is 1. The molecule has 2 N–H and O–H groups in total. The third kappa shape index (κ3) is 6.46. The highest BCUT2D eigenvalue weighted by Crippen LogP contribution is 2.40. The minimum atomic E-state index is -0.532. The van der Waals surface area contributed by atoms with Gasteiger partial charge in [-0.25, -0.2) is 9.37 Å². The van der Waals surface area contributed by atoms with Crippen LogP contribution in [0.15, 0.2) is 60.7 Å². The number of benzene rings is 2. The molecular weight excluding hydrogens is 581 g/mol. The fourth-order valence-electron chi connectivity index (χ4n) is 7.34. The minimum absolute atomic E-state index is 0.0816. The van der Waals surface area contributed by atoms with E-state index < -0.39 is 6.04 Å². The summed E-state index contributed by atoms with van der Waals surface area (Å²) in [7, 11) is 1.73. The van der Waals surface area contributed by atoms with Crippen molar-refractivity contribution in [2.75, 3.05) is 54.9 Å². The van der Waals surface area contributed by atoms with Gasteiger partial charge in [-0.05, 0) is 99.9 Å². The average Bonchev–Trinajstić information content (AvgIpc) is 3.90. The summed E-state index contributed by atoms with van der Waals surface area (Å²) in [6.07, 6.45) is 7.05. The molecule has 4 aliphatic rings. The molecule has 1 atom stereocenters. The Kier molecular flexibility index (Phi) is 8.66. The largest absolute Gasteiger partial charge is 0.349 e. The van der Waals surface area contributed by atoms with Crippen LogP contribution in [-0.4, -0.2) is 84.5 Å². The molecule has 2 saturated carbocycles. The molecule has 1 aromatic heterocycles. The number of piperazine rings is 1. The predicted molar refractivity (Wildman–Crippen MR) is 180 cm³/mol. The number of anilines is 5. The van der Waals surface area contributed by atoms with Gasteiger partial charge in [-0.2, -0.15) is 0 Å². The van der Waals surface area contributed by atoms with E-state index in [9.17, 15) is 14.0 Å². The van der Waals surface area contributed by atoms with Crippen LogP contribution in [0.25, 0.3) is 0 Å². The van der Waals surface area contributed by atoms with Crippen LogP contribution in [0.3, 0.4) is 0 Å². The smallest absolute Gasteiger partial charge is 0.253 e. The van der Waals surface area contributed by atoms with E-state index in [0.717, 1.165) is 44.7 Å². The van der Waals surface area contributed by atoms with Crippen molar-refractivity contribution >= 4 is 40.5 Å². The molecule has 0 unspecified atom stereocenters. The monoisotopic (exact) mass is 625 g/mol. The van der Waals surface area contributed by atoms with Gasteiger partial charge in [-0.1, -0.05) is 12.1 Å². The van der Waals surface area contributed by atoms with Crippen LogP contribution in [0.4, 0.5) is 33.1 Å². The molecule has 9 nitrogen and oxygen atoms in total. The number of carbonyl (C=O) groups excluding carboxylic acids is 2. The second kappa shape index (κ2) is 13.0. The summed E-state index contributed by atoms with van der Waals surface area (Å²) in [4.78, 5) is 40.3. The Labute approximate surface area is 270 Å². The van der Waals surface area contributed by atoms with Crippen LogP contribution in [-0.2, 0) is 4.79 Å². The zero-order valence-electron chi connectivity index (χ0n) is 26.8. The van der Waals surface area contributed by atoms with Gasteiger partial charge in [0.05, 0.1) is 16.9 Å². The molecule has 3 aromatic rings. The number of halogens is 1. The number of aromatic nitrogens is 1. The SMILES string of the molecule is C[C@@H]1C(=O)N(C)c2ccc(Nc3ccccc3C(=O)NC3CCC(N4CCN(CC5CC5)CC4)CC3)nc2N1c1ccc(F)cc1. The molecule has 2 aliphatic carbocycles. The standard InChI is InChI=1S/C36H44FN7O2/c1-24-36(46)41(2)32-17-18-33(40-34(32)44(24)29-13-9-26(37)10-14-29)39-31-6-4-3-5-30(31)35(45)38-27-11-15-28(16-12-27)43-21-19-42(20-22-43)23-25-7-8-25/h3-6,9-10,13-14,17-18,24-25,27-28H,7-8,11-12,15-16,19-23H2,1-2H3,(H,38,45)(H,39,40)/t24-,27?,28?/m1/s1. The topological polar surface area (TPSA) is 84.0 Å². The summed E-state index contributed by atoms with van der Waals surface area (Å²) < 4.78 is 13.7. The van der Waals surface area contributed by atoms with Gasteiger partial charge in [0.15, 0.2) is 5.82 Å². The second-order valence-electron chi connectivity index (χ2n) is 13.4. The molecule has 2 amide bonds. The van der Waals surface area contributed by atoms with Crippen LogP contribution in [0.1, 0.15) is 55.8 Å². The first-order valence-corrected chi connectivity index (χ1v) is 16.8. The van der Waals surface area contributed by atoms with E-state index in [-0.39, 0.29) is 23.7 Å². The zero-order valence-corrected chi connectivity index (χ0v) is 26.8. The first kappa shape index (κ1) is 30.6. The first-order chi connectivity index (χ1) is 22.3. The number of nitrogens with zero attached hydrogens (tertiary/aromatic N) is 5. The lowest BCUT2D eigenvalue weighted by Crippen LogP contribution is -2.52. The Balaban J connectivity index is 1.01. The molecule has 7 rings (SSSR count). The van der Waals surface area contributed by atoms with Gasteiger partial charge in [0, 0.05) is 57.5 Å². The Morgan fingerprint density at radius 2 is 1.63 bits per heavy atom. The maximum Gasteiger partial charge on any atom is 0.253 e. The van der Waals surface area contributed by atoms with E-state index >= 15 is 0 Å². The Bertz CT molecular complexity index is 1560. The minimum Gasteiger partial charge on any atom is -0.349 e. The van der Waals surface area contributed by atoms with E-state index in [0.29, 0.717) is 40.3 Å². The molecule has 0 spiro atoms. The van der Waals surface area contributed by atoms with E-state index in [4.69, 9.17) is 4.98 Å². The lowest BCUT2D eigenvalue weighted by molar-refractivity contribution is -0.119. The number of hydrogen-bond donors (Lipinski definition) is 2. The first-order valence-electron chi connectivity index (χ1n) is 16.8. The molecule has 0 radical (unpaired) electrons. The Hall–Kier alpha value is -4.02. The summed E-state index contributed by atoms with van der Waals surface area (Å²) in [5, 5.41) is 6.67. The third-order valence-corrected chi connectivity index (χ3v) is 10.2. The number of carbonyl (C=O) groups is 2. The maximum atomic E-state index is 13.7. The highest BCUT2D eigenvalue weighted by molar-refractivity contribution is 6.06. The molecule has 46 heavy (non-hydrogen) atoms. The van der Waals surface area contributed by atoms with E-state index in [2.05, 4.69) is 20.4 Å². The number of pyridine rings is 1. The molecule has 10 heteroatoms. The van der Waals surface area contributed by atoms with Gasteiger partial charge in [-0.3, -0.25) is 14.5 Å². The summed E-state index contributed by atoms with van der Waals surface area (Å²) in [5.41, 5.74) is 2.55. The fourth-order valence-corrected chi connectivity index (χ4v) is 7.34. The van der Waals surface area contributed by atoms with Gasteiger partial charge in [0.25, 0.3) is 5.91 Å². The molecule has 2 aromatic carbocycles. The molecule has 2 aliphatic heterocycles. The van der Waals surface area contributed by atoms with Crippen LogP contribution in [0.5, 0.6) is 0 Å². The fraction of sp³-hybridized carbons (Fsp3) is 0.472. The van der Waals surface area contributed by atoms with Gasteiger partial charge >= 0.3 is 0 Å². The van der Waals surface area contributed by atoms with Crippen LogP contribution >= 0.6 is 0 Å². The normalized spacial score (nSPS) is 24.1. The Morgan fingerprint density at radius 1 is 0.913 bits per heavy atom. The van der Waals surface area contributed by atoms with Crippen molar-refractivity contribution in [3.8, 4) is 0 Å². The third-order valence-electron chi connectivity index (χ3n) is 10.2. The molecule has 3 heterocycles. The summed E-state index contributed by atoms with van der Waals surface area (Å²) >= 11 is 0. The van der Waals surface area contributed by atoms with Gasteiger partial charge in [-0.15, -0.1) is 0 Å². The van der Waals surface area contributed by atoms with Crippen molar-refractivity contribution in [3.63, 3.8) is 0 Å². The average molecular weight is 626 g/mol. The van der Waals surface area contributed by atoms with Crippen LogP contribution in [0, 0.1) is 11.7 Å². The summed E-state index contributed by atoms with van der Waals surface area (Å²) in [5.74, 6) is 1.55. The lowest BCUT2D eigenvalue weighted by Gasteiger charge is -2.42. The molecular formula is C36H44FN7O2. The van der Waals surface area contributed by atoms with Crippen molar-refractivity contribution in [3.05, 3.63) is 72.0 Å². The maximum absolute atomic E-state index is 13.7. The zero-order chi connectivity index (χ0) is 31.8. The number of amides is 2. The van der Waals surface area contributed by atoms with Crippen molar-refractivity contribution in [1.82, 2.24) is 20.1 Å². The van der Waals surface area contributed by atoms with E-state index in [1.54, 1.807) is 24.1 Å². The van der Waals surface area contributed by atoms with Gasteiger partial charge < -0.3 is 25.3 Å².